The van der Waals surface area contributed by atoms with E-state index >= 15 is 0 Å². The van der Waals surface area contributed by atoms with Gasteiger partial charge in [-0.05, 0) is 50.6 Å². The lowest BCUT2D eigenvalue weighted by molar-refractivity contribution is 0.841. The first-order valence-electron chi connectivity index (χ1n) is 10.2. The number of para-hydroxylation sites is 1. The number of nitrogens with zero attached hydrogens (tertiary/aromatic N) is 5. The molecule has 6 nitrogen and oxygen atoms in total. The van der Waals surface area contributed by atoms with Crippen molar-refractivity contribution in [2.75, 3.05) is 5.32 Å². The first kappa shape index (κ1) is 18.9. The maximum atomic E-state index is 4.81. The number of anilines is 2. The summed E-state index contributed by atoms with van der Waals surface area (Å²) in [6, 6.07) is 24.3. The van der Waals surface area contributed by atoms with Crippen molar-refractivity contribution in [3.05, 3.63) is 89.6 Å². The highest BCUT2D eigenvalue weighted by molar-refractivity contribution is 5.83. The summed E-state index contributed by atoms with van der Waals surface area (Å²) < 4.78 is 1.81. The van der Waals surface area contributed by atoms with Gasteiger partial charge in [0.2, 0.25) is 0 Å². The molecule has 0 bridgehead atoms. The van der Waals surface area contributed by atoms with E-state index < -0.39 is 0 Å². The number of aryl methyl sites for hydroxylation is 3. The van der Waals surface area contributed by atoms with Gasteiger partial charge in [-0.1, -0.05) is 48.0 Å². The molecule has 3 heterocycles. The largest absolute Gasteiger partial charge is 0.323 e. The fourth-order valence-electron chi connectivity index (χ4n) is 3.61. The average Bonchev–Trinajstić information content (AvgIpc) is 3.15. The number of hydrogen-bond acceptors (Lipinski definition) is 5. The minimum Gasteiger partial charge on any atom is -0.323 e. The van der Waals surface area contributed by atoms with Crippen molar-refractivity contribution >= 4 is 22.5 Å². The summed E-state index contributed by atoms with van der Waals surface area (Å²) in [5.74, 6) is 2.20. The minimum atomic E-state index is 0.648. The summed E-state index contributed by atoms with van der Waals surface area (Å²) in [5.41, 5.74) is 6.08. The van der Waals surface area contributed by atoms with Crippen LogP contribution in [0.5, 0.6) is 0 Å². The molecule has 152 valence electrons. The number of aromatic nitrogens is 5. The highest BCUT2D eigenvalue weighted by Crippen LogP contribution is 2.24. The van der Waals surface area contributed by atoms with Gasteiger partial charge in [0.25, 0.3) is 0 Å². The third-order valence-electron chi connectivity index (χ3n) is 5.23. The molecular formula is C25H22N6. The Labute approximate surface area is 180 Å². The number of hydrogen-bond donors (Lipinski definition) is 1. The summed E-state index contributed by atoms with van der Waals surface area (Å²) >= 11 is 0. The van der Waals surface area contributed by atoms with Crippen LogP contribution in [0.1, 0.15) is 16.8 Å². The summed E-state index contributed by atoms with van der Waals surface area (Å²) in [7, 11) is 0. The van der Waals surface area contributed by atoms with Crippen molar-refractivity contribution in [1.82, 2.24) is 25.0 Å². The van der Waals surface area contributed by atoms with Crippen LogP contribution in [0.2, 0.25) is 0 Å². The molecule has 0 spiro atoms. The summed E-state index contributed by atoms with van der Waals surface area (Å²) in [6.45, 7) is 6.12. The van der Waals surface area contributed by atoms with Gasteiger partial charge in [0.15, 0.2) is 11.6 Å². The SMILES string of the molecule is Cc1ccc(-c2ccc(Nc3cc(C)nn3-c3cc(C)c4ccccc4n3)nn2)cc1. The quantitative estimate of drug-likeness (QED) is 0.424. The molecule has 31 heavy (non-hydrogen) atoms. The first-order chi connectivity index (χ1) is 15.1. The second-order valence-electron chi connectivity index (χ2n) is 7.69. The second-order valence-corrected chi connectivity index (χ2v) is 7.69. The molecule has 6 heteroatoms. The molecule has 0 aliphatic heterocycles. The molecule has 0 unspecified atom stereocenters. The number of nitrogens with one attached hydrogen (secondary N) is 1. The van der Waals surface area contributed by atoms with Crippen LogP contribution >= 0.6 is 0 Å². The molecule has 0 radical (unpaired) electrons. The van der Waals surface area contributed by atoms with Crippen molar-refractivity contribution in [2.45, 2.75) is 20.8 Å². The van der Waals surface area contributed by atoms with Crippen molar-refractivity contribution in [2.24, 2.45) is 0 Å². The van der Waals surface area contributed by atoms with Gasteiger partial charge in [0, 0.05) is 17.0 Å². The molecular weight excluding hydrogens is 384 g/mol. The molecule has 3 aromatic heterocycles. The number of fused-ring (bicyclic) bond motifs is 1. The second kappa shape index (κ2) is 7.65. The summed E-state index contributed by atoms with van der Waals surface area (Å²) in [4.78, 5) is 4.81. The van der Waals surface area contributed by atoms with E-state index in [4.69, 9.17) is 4.98 Å². The van der Waals surface area contributed by atoms with Crippen molar-refractivity contribution in [1.29, 1.82) is 0 Å². The Hall–Kier alpha value is -4.06. The lowest BCUT2D eigenvalue weighted by Crippen LogP contribution is -2.06. The van der Waals surface area contributed by atoms with Crippen molar-refractivity contribution in [3.8, 4) is 17.1 Å². The third kappa shape index (κ3) is 3.75. The Bertz CT molecular complexity index is 1370. The van der Waals surface area contributed by atoms with Gasteiger partial charge in [-0.25, -0.2) is 4.98 Å². The molecule has 0 aliphatic rings. The van der Waals surface area contributed by atoms with Gasteiger partial charge >= 0.3 is 0 Å². The van der Waals surface area contributed by atoms with E-state index in [1.165, 1.54) is 5.56 Å². The smallest absolute Gasteiger partial charge is 0.156 e. The van der Waals surface area contributed by atoms with Crippen LogP contribution in [0, 0.1) is 20.8 Å². The average molecular weight is 406 g/mol. The zero-order chi connectivity index (χ0) is 21.4. The molecule has 0 saturated carbocycles. The Balaban J connectivity index is 1.47. The lowest BCUT2D eigenvalue weighted by atomic mass is 10.1. The molecule has 5 rings (SSSR count). The van der Waals surface area contributed by atoms with Crippen LogP contribution in [0.25, 0.3) is 28.0 Å². The Morgan fingerprint density at radius 3 is 2.39 bits per heavy atom. The molecule has 0 aliphatic carbocycles. The highest BCUT2D eigenvalue weighted by Gasteiger charge is 2.12. The van der Waals surface area contributed by atoms with Gasteiger partial charge in [-0.3, -0.25) is 0 Å². The standard InChI is InChI=1S/C25H22N6/c1-16-8-10-19(11-9-16)21-12-13-23(29-28-21)27-25-15-18(3)30-31(25)24-14-17(2)20-6-4-5-7-22(20)26-24/h4-15H,1-3H3,(H,27,29). The van der Waals surface area contributed by atoms with Crippen molar-refractivity contribution in [3.63, 3.8) is 0 Å². The molecule has 0 saturated heterocycles. The van der Waals surface area contributed by atoms with E-state index in [0.717, 1.165) is 45.1 Å². The van der Waals surface area contributed by atoms with Crippen LogP contribution in [-0.2, 0) is 0 Å². The normalized spacial score (nSPS) is 11.1. The van der Waals surface area contributed by atoms with Crippen LogP contribution in [0.3, 0.4) is 0 Å². The van der Waals surface area contributed by atoms with Crippen LogP contribution in [0.15, 0.2) is 72.8 Å². The van der Waals surface area contributed by atoms with E-state index in [0.29, 0.717) is 5.82 Å². The maximum absolute atomic E-state index is 4.81. The monoisotopic (exact) mass is 406 g/mol. The van der Waals surface area contributed by atoms with Gasteiger partial charge in [0.05, 0.1) is 16.9 Å². The van der Waals surface area contributed by atoms with E-state index in [1.807, 2.05) is 54.1 Å². The Morgan fingerprint density at radius 2 is 1.61 bits per heavy atom. The Kier molecular flexibility index (Phi) is 4.67. The van der Waals surface area contributed by atoms with Crippen LogP contribution < -0.4 is 5.32 Å². The van der Waals surface area contributed by atoms with E-state index in [-0.39, 0.29) is 0 Å². The zero-order valence-electron chi connectivity index (χ0n) is 17.7. The molecule has 0 atom stereocenters. The number of pyridine rings is 1. The lowest BCUT2D eigenvalue weighted by Gasteiger charge is -2.11. The van der Waals surface area contributed by atoms with Gasteiger partial charge in [0.1, 0.15) is 5.82 Å². The predicted octanol–water partition coefficient (Wildman–Crippen LogP) is 5.55. The summed E-state index contributed by atoms with van der Waals surface area (Å²) in [5, 5.41) is 17.9. The molecule has 0 amide bonds. The molecule has 5 aromatic rings. The number of benzene rings is 2. The van der Waals surface area contributed by atoms with Crippen molar-refractivity contribution < 1.29 is 0 Å². The Morgan fingerprint density at radius 1 is 0.806 bits per heavy atom. The van der Waals surface area contributed by atoms with E-state index in [9.17, 15) is 0 Å². The first-order valence-corrected chi connectivity index (χ1v) is 10.2. The fourth-order valence-corrected chi connectivity index (χ4v) is 3.61. The number of rotatable bonds is 4. The van der Waals surface area contributed by atoms with Crippen LogP contribution in [-0.4, -0.2) is 25.0 Å². The summed E-state index contributed by atoms with van der Waals surface area (Å²) in [6.07, 6.45) is 0. The van der Waals surface area contributed by atoms with Gasteiger partial charge in [-0.2, -0.15) is 9.78 Å². The van der Waals surface area contributed by atoms with E-state index in [1.54, 1.807) is 0 Å². The predicted molar refractivity (Wildman–Crippen MR) is 124 cm³/mol. The molecule has 1 N–H and O–H groups in total. The molecule has 2 aromatic carbocycles. The topological polar surface area (TPSA) is 68.5 Å². The fraction of sp³-hybridized carbons (Fsp3) is 0.120. The minimum absolute atomic E-state index is 0.648. The zero-order valence-corrected chi connectivity index (χ0v) is 17.7. The maximum Gasteiger partial charge on any atom is 0.156 e. The molecule has 0 fully saturated rings. The van der Waals surface area contributed by atoms with Crippen LogP contribution in [0.4, 0.5) is 11.6 Å². The van der Waals surface area contributed by atoms with Gasteiger partial charge in [-0.15, -0.1) is 10.2 Å². The van der Waals surface area contributed by atoms with E-state index in [2.05, 4.69) is 64.8 Å². The van der Waals surface area contributed by atoms with Gasteiger partial charge < -0.3 is 5.32 Å². The highest BCUT2D eigenvalue weighted by atomic mass is 15.4. The third-order valence-corrected chi connectivity index (χ3v) is 5.23.